The third kappa shape index (κ3) is 4.65. The average molecular weight is 325 g/mol. The van der Waals surface area contributed by atoms with Gasteiger partial charge in [-0.25, -0.2) is 0 Å². The van der Waals surface area contributed by atoms with E-state index in [-0.39, 0.29) is 18.2 Å². The van der Waals surface area contributed by atoms with E-state index in [1.165, 1.54) is 6.92 Å². The van der Waals surface area contributed by atoms with Gasteiger partial charge in [0.1, 0.15) is 0 Å². The Morgan fingerprint density at radius 1 is 1.17 bits per heavy atom. The Kier molecular flexibility index (Phi) is 6.07. The monoisotopic (exact) mass is 325 g/mol. The van der Waals surface area contributed by atoms with Gasteiger partial charge in [0.05, 0.1) is 0 Å². The zero-order valence-electron chi connectivity index (χ0n) is 14.4. The smallest absolute Gasteiger partial charge is 0.223 e. The molecule has 0 saturated carbocycles. The van der Waals surface area contributed by atoms with Gasteiger partial charge >= 0.3 is 0 Å². The lowest BCUT2D eigenvalue weighted by molar-refractivity contribution is -0.121. The summed E-state index contributed by atoms with van der Waals surface area (Å²) < 4.78 is 0. The summed E-state index contributed by atoms with van der Waals surface area (Å²) >= 11 is 0. The van der Waals surface area contributed by atoms with Gasteiger partial charge < -0.3 is 10.2 Å². The summed E-state index contributed by atoms with van der Waals surface area (Å²) in [6.45, 7) is 6.32. The van der Waals surface area contributed by atoms with Crippen LogP contribution < -0.4 is 10.2 Å². The summed E-state index contributed by atoms with van der Waals surface area (Å²) in [6, 6.07) is 9.59. The number of rotatable bonds is 6. The van der Waals surface area contributed by atoms with Gasteiger partial charge in [0.25, 0.3) is 0 Å². The van der Waals surface area contributed by atoms with Crippen LogP contribution in [-0.4, -0.2) is 23.3 Å². The summed E-state index contributed by atoms with van der Waals surface area (Å²) in [5.41, 5.74) is 4.00. The number of benzene rings is 1. The zero-order chi connectivity index (χ0) is 17.5. The van der Waals surface area contributed by atoms with Gasteiger partial charge in [-0.15, -0.1) is 0 Å². The maximum absolute atomic E-state index is 12.1. The van der Waals surface area contributed by atoms with Crippen LogP contribution in [0, 0.1) is 13.8 Å². The van der Waals surface area contributed by atoms with E-state index < -0.39 is 0 Å². The molecular weight excluding hydrogens is 302 g/mol. The van der Waals surface area contributed by atoms with Crippen LogP contribution in [0.1, 0.15) is 30.0 Å². The number of amides is 2. The number of nitrogens with one attached hydrogen (secondary N) is 1. The first-order valence-corrected chi connectivity index (χ1v) is 7.99. The van der Waals surface area contributed by atoms with E-state index in [2.05, 4.69) is 10.3 Å². The molecule has 24 heavy (non-hydrogen) atoms. The Bertz CT molecular complexity index is 714. The van der Waals surface area contributed by atoms with Crippen LogP contribution in [0.2, 0.25) is 0 Å². The number of aromatic nitrogens is 1. The van der Waals surface area contributed by atoms with Crippen molar-refractivity contribution < 1.29 is 9.59 Å². The van der Waals surface area contributed by atoms with Gasteiger partial charge in [-0.05, 0) is 42.7 Å². The minimum absolute atomic E-state index is 0.0660. The molecule has 0 bridgehead atoms. The molecule has 0 aliphatic carbocycles. The zero-order valence-corrected chi connectivity index (χ0v) is 14.4. The van der Waals surface area contributed by atoms with Crippen molar-refractivity contribution in [2.45, 2.75) is 33.7 Å². The van der Waals surface area contributed by atoms with Crippen molar-refractivity contribution in [3.63, 3.8) is 0 Å². The van der Waals surface area contributed by atoms with Crippen molar-refractivity contribution in [3.8, 4) is 0 Å². The summed E-state index contributed by atoms with van der Waals surface area (Å²) in [7, 11) is 0. The van der Waals surface area contributed by atoms with Gasteiger partial charge in [-0.3, -0.25) is 14.6 Å². The molecule has 0 spiro atoms. The maximum Gasteiger partial charge on any atom is 0.223 e. The van der Waals surface area contributed by atoms with E-state index in [9.17, 15) is 9.59 Å². The van der Waals surface area contributed by atoms with Gasteiger partial charge in [0, 0.05) is 44.5 Å². The van der Waals surface area contributed by atoms with Crippen molar-refractivity contribution in [1.82, 2.24) is 10.3 Å². The van der Waals surface area contributed by atoms with Crippen molar-refractivity contribution >= 4 is 17.5 Å². The molecule has 2 amide bonds. The molecule has 5 heteroatoms. The second-order valence-corrected chi connectivity index (χ2v) is 5.78. The highest BCUT2D eigenvalue weighted by Crippen LogP contribution is 2.23. The van der Waals surface area contributed by atoms with Crippen molar-refractivity contribution in [3.05, 3.63) is 59.4 Å². The number of carbonyl (C=O) groups excluding carboxylic acids is 2. The van der Waals surface area contributed by atoms with E-state index in [1.807, 2.05) is 44.2 Å². The number of nitrogens with zero attached hydrogens (tertiary/aromatic N) is 2. The highest BCUT2D eigenvalue weighted by molar-refractivity contribution is 5.93. The molecule has 0 atom stereocenters. The first kappa shape index (κ1) is 17.7. The fourth-order valence-electron chi connectivity index (χ4n) is 2.48. The van der Waals surface area contributed by atoms with E-state index >= 15 is 0 Å². The number of hydrogen-bond acceptors (Lipinski definition) is 3. The molecule has 1 heterocycles. The highest BCUT2D eigenvalue weighted by atomic mass is 16.2. The van der Waals surface area contributed by atoms with Crippen LogP contribution in [0.15, 0.2) is 42.7 Å². The second kappa shape index (κ2) is 8.24. The molecule has 1 aromatic heterocycles. The quantitative estimate of drug-likeness (QED) is 0.888. The Balaban J connectivity index is 1.95. The standard InChI is InChI=1S/C19H23N3O2/c1-14-6-4-8-18(15(14)2)22(16(3)23)11-9-19(24)21-13-17-7-5-10-20-12-17/h4-8,10,12H,9,11,13H2,1-3H3,(H,21,24). The third-order valence-corrected chi connectivity index (χ3v) is 4.02. The molecule has 2 rings (SSSR count). The molecule has 1 aromatic carbocycles. The molecule has 0 radical (unpaired) electrons. The van der Waals surface area contributed by atoms with E-state index in [1.54, 1.807) is 17.3 Å². The molecule has 0 aliphatic rings. The Morgan fingerprint density at radius 2 is 1.96 bits per heavy atom. The largest absolute Gasteiger partial charge is 0.352 e. The number of carbonyl (C=O) groups is 2. The Labute approximate surface area is 142 Å². The summed E-state index contributed by atoms with van der Waals surface area (Å²) in [5.74, 6) is -0.154. The minimum atomic E-state index is -0.0876. The topological polar surface area (TPSA) is 62.3 Å². The lowest BCUT2D eigenvalue weighted by Crippen LogP contribution is -2.34. The third-order valence-electron chi connectivity index (χ3n) is 4.02. The Hall–Kier alpha value is -2.69. The number of pyridine rings is 1. The van der Waals surface area contributed by atoms with Crippen molar-refractivity contribution in [1.29, 1.82) is 0 Å². The van der Waals surface area contributed by atoms with E-state index in [4.69, 9.17) is 0 Å². The van der Waals surface area contributed by atoms with Crippen LogP contribution in [0.25, 0.3) is 0 Å². The van der Waals surface area contributed by atoms with E-state index in [0.717, 1.165) is 22.4 Å². The molecule has 0 saturated heterocycles. The molecular formula is C19H23N3O2. The molecule has 0 unspecified atom stereocenters. The molecule has 5 nitrogen and oxygen atoms in total. The minimum Gasteiger partial charge on any atom is -0.352 e. The Morgan fingerprint density at radius 3 is 2.62 bits per heavy atom. The lowest BCUT2D eigenvalue weighted by atomic mass is 10.1. The number of hydrogen-bond donors (Lipinski definition) is 1. The van der Waals surface area contributed by atoms with E-state index in [0.29, 0.717) is 13.1 Å². The van der Waals surface area contributed by atoms with Gasteiger partial charge in [-0.1, -0.05) is 18.2 Å². The van der Waals surface area contributed by atoms with Crippen LogP contribution in [0.3, 0.4) is 0 Å². The predicted molar refractivity (Wildman–Crippen MR) is 94.6 cm³/mol. The molecule has 126 valence electrons. The maximum atomic E-state index is 12.1. The van der Waals surface area contributed by atoms with Crippen LogP contribution in [0.5, 0.6) is 0 Å². The first-order valence-electron chi connectivity index (χ1n) is 7.99. The van der Waals surface area contributed by atoms with Gasteiger partial charge in [0.2, 0.25) is 11.8 Å². The van der Waals surface area contributed by atoms with Crippen LogP contribution in [0.4, 0.5) is 5.69 Å². The fourth-order valence-corrected chi connectivity index (χ4v) is 2.48. The second-order valence-electron chi connectivity index (χ2n) is 5.78. The number of anilines is 1. The molecule has 0 fully saturated rings. The van der Waals surface area contributed by atoms with Crippen molar-refractivity contribution in [2.75, 3.05) is 11.4 Å². The molecule has 0 aliphatic heterocycles. The first-order chi connectivity index (χ1) is 11.5. The van der Waals surface area contributed by atoms with Gasteiger partial charge in [-0.2, -0.15) is 0 Å². The predicted octanol–water partition coefficient (Wildman–Crippen LogP) is 2.76. The van der Waals surface area contributed by atoms with Crippen LogP contribution in [-0.2, 0) is 16.1 Å². The SMILES string of the molecule is CC(=O)N(CCC(=O)NCc1cccnc1)c1cccc(C)c1C. The highest BCUT2D eigenvalue weighted by Gasteiger charge is 2.16. The summed E-state index contributed by atoms with van der Waals surface area (Å²) in [5, 5.41) is 2.85. The number of aryl methyl sites for hydroxylation is 1. The fraction of sp³-hybridized carbons (Fsp3) is 0.316. The van der Waals surface area contributed by atoms with Crippen molar-refractivity contribution in [2.24, 2.45) is 0 Å². The molecule has 2 aromatic rings. The molecule has 1 N–H and O–H groups in total. The lowest BCUT2D eigenvalue weighted by Gasteiger charge is -2.23. The van der Waals surface area contributed by atoms with Crippen LogP contribution >= 0.6 is 0 Å². The summed E-state index contributed by atoms with van der Waals surface area (Å²) in [6.07, 6.45) is 3.67. The average Bonchev–Trinajstić information content (AvgIpc) is 2.57. The normalized spacial score (nSPS) is 10.3. The van der Waals surface area contributed by atoms with Gasteiger partial charge in [0.15, 0.2) is 0 Å². The summed E-state index contributed by atoms with van der Waals surface area (Å²) in [4.78, 5) is 29.7.